The molecule has 188 valence electrons. The van der Waals surface area contributed by atoms with E-state index in [4.69, 9.17) is 10.5 Å². The normalized spacial score (nSPS) is 16.4. The molecular weight excluding hydrogens is 452 g/mol. The van der Waals surface area contributed by atoms with E-state index in [-0.39, 0.29) is 24.2 Å². The van der Waals surface area contributed by atoms with E-state index in [0.717, 1.165) is 22.8 Å². The van der Waals surface area contributed by atoms with E-state index in [1.807, 2.05) is 60.7 Å². The summed E-state index contributed by atoms with van der Waals surface area (Å²) in [6, 6.07) is 20.5. The Bertz CT molecular complexity index is 1240. The van der Waals surface area contributed by atoms with Crippen molar-refractivity contribution in [2.45, 2.75) is 51.7 Å². The van der Waals surface area contributed by atoms with E-state index < -0.39 is 17.9 Å². The average molecular weight is 487 g/mol. The predicted octanol–water partition coefficient (Wildman–Crippen LogP) is 4.85. The highest BCUT2D eigenvalue weighted by Crippen LogP contribution is 2.36. The highest BCUT2D eigenvalue weighted by Gasteiger charge is 2.39. The van der Waals surface area contributed by atoms with Crippen LogP contribution in [-0.4, -0.2) is 41.7 Å². The lowest BCUT2D eigenvalue weighted by Crippen LogP contribution is -2.44. The summed E-state index contributed by atoms with van der Waals surface area (Å²) in [6.45, 7) is 4.93. The fourth-order valence-electron chi connectivity index (χ4n) is 5.20. The maximum atomic E-state index is 14.1. The fraction of sp³-hybridized carbons (Fsp3) is 0.367. The Morgan fingerprint density at radius 2 is 1.72 bits per heavy atom. The van der Waals surface area contributed by atoms with Crippen molar-refractivity contribution in [1.29, 1.82) is 0 Å². The molecule has 2 atom stereocenters. The van der Waals surface area contributed by atoms with E-state index >= 15 is 0 Å². The fourth-order valence-corrected chi connectivity index (χ4v) is 5.20. The molecule has 1 saturated heterocycles. The molecule has 0 radical (unpaired) electrons. The molecule has 1 fully saturated rings. The number of benzene rings is 3. The lowest BCUT2D eigenvalue weighted by atomic mass is 9.83. The largest absolute Gasteiger partial charge is 0.369 e. The lowest BCUT2D eigenvalue weighted by molar-refractivity contribution is -0.140. The smallest absolute Gasteiger partial charge is 0.249 e. The SMILES string of the molecule is CC(C)CC(C(=O)N1CCCC1C(=O)COCc1ccccc1)c1c(C(N)=O)ccc2ccccc12. The third-order valence-electron chi connectivity index (χ3n) is 6.85. The predicted molar refractivity (Wildman–Crippen MR) is 141 cm³/mol. The molecule has 0 aromatic heterocycles. The minimum absolute atomic E-state index is 0.0427. The molecule has 2 amide bonds. The van der Waals surface area contributed by atoms with Crippen molar-refractivity contribution in [3.63, 3.8) is 0 Å². The highest BCUT2D eigenvalue weighted by molar-refractivity contribution is 6.04. The van der Waals surface area contributed by atoms with Crippen LogP contribution in [0.3, 0.4) is 0 Å². The molecule has 0 bridgehead atoms. The monoisotopic (exact) mass is 486 g/mol. The van der Waals surface area contributed by atoms with Crippen LogP contribution in [0, 0.1) is 5.92 Å². The summed E-state index contributed by atoms with van der Waals surface area (Å²) in [5, 5.41) is 1.79. The van der Waals surface area contributed by atoms with Gasteiger partial charge in [-0.2, -0.15) is 0 Å². The molecule has 0 spiro atoms. The Morgan fingerprint density at radius 1 is 1.00 bits per heavy atom. The van der Waals surface area contributed by atoms with Gasteiger partial charge in [-0.15, -0.1) is 0 Å². The molecule has 1 aliphatic rings. The lowest BCUT2D eigenvalue weighted by Gasteiger charge is -2.30. The van der Waals surface area contributed by atoms with Crippen LogP contribution in [0.5, 0.6) is 0 Å². The molecule has 1 heterocycles. The Hall–Kier alpha value is -3.51. The van der Waals surface area contributed by atoms with Gasteiger partial charge in [-0.05, 0) is 53.1 Å². The number of ether oxygens (including phenoxy) is 1. The Morgan fingerprint density at radius 3 is 2.44 bits per heavy atom. The molecule has 3 aromatic rings. The van der Waals surface area contributed by atoms with Gasteiger partial charge in [0.1, 0.15) is 6.61 Å². The van der Waals surface area contributed by atoms with Crippen LogP contribution in [0.15, 0.2) is 66.7 Å². The minimum atomic E-state index is -0.572. The number of carbonyl (C=O) groups excluding carboxylic acids is 3. The zero-order valence-electron chi connectivity index (χ0n) is 21.0. The highest BCUT2D eigenvalue weighted by atomic mass is 16.5. The number of fused-ring (bicyclic) bond motifs is 1. The van der Waals surface area contributed by atoms with E-state index in [9.17, 15) is 14.4 Å². The topological polar surface area (TPSA) is 89.7 Å². The van der Waals surface area contributed by atoms with E-state index in [0.29, 0.717) is 37.1 Å². The van der Waals surface area contributed by atoms with Crippen molar-refractivity contribution < 1.29 is 19.1 Å². The molecule has 0 saturated carbocycles. The maximum Gasteiger partial charge on any atom is 0.249 e. The van der Waals surface area contributed by atoms with Crippen molar-refractivity contribution in [3.05, 3.63) is 83.4 Å². The van der Waals surface area contributed by atoms with Gasteiger partial charge in [0.05, 0.1) is 18.6 Å². The number of hydrogen-bond donors (Lipinski definition) is 1. The first-order valence-corrected chi connectivity index (χ1v) is 12.6. The molecule has 6 heteroatoms. The summed E-state index contributed by atoms with van der Waals surface area (Å²) in [5.74, 6) is -1.14. The van der Waals surface area contributed by atoms with Gasteiger partial charge in [0.25, 0.3) is 0 Å². The van der Waals surface area contributed by atoms with Crippen molar-refractivity contribution in [1.82, 2.24) is 4.90 Å². The van der Waals surface area contributed by atoms with Crippen LogP contribution in [-0.2, 0) is 20.9 Å². The quantitative estimate of drug-likeness (QED) is 0.444. The summed E-state index contributed by atoms with van der Waals surface area (Å²) >= 11 is 0. The number of ketones is 1. The number of nitrogens with zero attached hydrogens (tertiary/aromatic N) is 1. The van der Waals surface area contributed by atoms with Gasteiger partial charge in [0, 0.05) is 12.1 Å². The van der Waals surface area contributed by atoms with Gasteiger partial charge in [0.2, 0.25) is 11.8 Å². The molecule has 36 heavy (non-hydrogen) atoms. The summed E-state index contributed by atoms with van der Waals surface area (Å²) in [6.07, 6.45) is 1.92. The molecule has 3 aromatic carbocycles. The number of hydrogen-bond acceptors (Lipinski definition) is 4. The molecule has 0 aliphatic carbocycles. The first kappa shape index (κ1) is 25.6. The van der Waals surface area contributed by atoms with Crippen LogP contribution < -0.4 is 5.73 Å². The summed E-state index contributed by atoms with van der Waals surface area (Å²) in [4.78, 5) is 41.4. The van der Waals surface area contributed by atoms with Crippen LogP contribution >= 0.6 is 0 Å². The first-order chi connectivity index (χ1) is 17.4. The summed E-state index contributed by atoms with van der Waals surface area (Å²) in [5.41, 5.74) is 7.80. The van der Waals surface area contributed by atoms with Crippen LogP contribution in [0.2, 0.25) is 0 Å². The number of primary amides is 1. The number of carbonyl (C=O) groups is 3. The third kappa shape index (κ3) is 5.65. The van der Waals surface area contributed by atoms with Crippen molar-refractivity contribution >= 4 is 28.4 Å². The minimum Gasteiger partial charge on any atom is -0.369 e. The second-order valence-corrected chi connectivity index (χ2v) is 9.93. The van der Waals surface area contributed by atoms with Gasteiger partial charge in [-0.1, -0.05) is 74.5 Å². The second kappa shape index (κ2) is 11.5. The van der Waals surface area contributed by atoms with E-state index in [1.165, 1.54) is 0 Å². The zero-order chi connectivity index (χ0) is 25.7. The molecule has 2 unspecified atom stereocenters. The van der Waals surface area contributed by atoms with Gasteiger partial charge < -0.3 is 15.4 Å². The van der Waals surface area contributed by atoms with Crippen molar-refractivity contribution in [2.75, 3.05) is 13.2 Å². The van der Waals surface area contributed by atoms with Crippen molar-refractivity contribution in [2.24, 2.45) is 11.7 Å². The number of amides is 2. The van der Waals surface area contributed by atoms with E-state index in [2.05, 4.69) is 13.8 Å². The maximum absolute atomic E-state index is 14.1. The molecule has 6 nitrogen and oxygen atoms in total. The summed E-state index contributed by atoms with van der Waals surface area (Å²) < 4.78 is 5.69. The standard InChI is InChI=1S/C30H34N2O4/c1-20(2)17-25(28-23-12-7-6-11-22(23)14-15-24(28)29(31)34)30(35)32-16-8-13-26(32)27(33)19-36-18-21-9-4-3-5-10-21/h3-7,9-12,14-15,20,25-26H,8,13,16-19H2,1-2H3,(H2,31,34). The molecule has 4 rings (SSSR count). The van der Waals surface area contributed by atoms with Crippen LogP contribution in [0.1, 0.15) is 60.5 Å². The second-order valence-electron chi connectivity index (χ2n) is 9.93. The van der Waals surface area contributed by atoms with Gasteiger partial charge in [-0.25, -0.2) is 0 Å². The first-order valence-electron chi connectivity index (χ1n) is 12.6. The molecule has 1 aliphatic heterocycles. The number of likely N-dealkylation sites (tertiary alicyclic amines) is 1. The third-order valence-corrected chi connectivity index (χ3v) is 6.85. The van der Waals surface area contributed by atoms with Gasteiger partial charge in [-0.3, -0.25) is 14.4 Å². The number of Topliss-reactive ketones (excluding diaryl/α,β-unsaturated/α-hetero) is 1. The van der Waals surface area contributed by atoms with Gasteiger partial charge in [0.15, 0.2) is 5.78 Å². The molecule has 2 N–H and O–H groups in total. The Kier molecular flexibility index (Phi) is 8.16. The average Bonchev–Trinajstić information content (AvgIpc) is 3.37. The molecular formula is C30H34N2O4. The summed E-state index contributed by atoms with van der Waals surface area (Å²) in [7, 11) is 0. The van der Waals surface area contributed by atoms with E-state index in [1.54, 1.807) is 11.0 Å². The van der Waals surface area contributed by atoms with Gasteiger partial charge >= 0.3 is 0 Å². The van der Waals surface area contributed by atoms with Crippen molar-refractivity contribution in [3.8, 4) is 0 Å². The Labute approximate surface area is 212 Å². The number of nitrogens with two attached hydrogens (primary N) is 1. The van der Waals surface area contributed by atoms with Crippen LogP contribution in [0.4, 0.5) is 0 Å². The Balaban J connectivity index is 1.60. The van der Waals surface area contributed by atoms with Crippen LogP contribution in [0.25, 0.3) is 10.8 Å². The number of rotatable bonds is 10. The zero-order valence-corrected chi connectivity index (χ0v) is 21.0.